The Bertz CT molecular complexity index is 566. The minimum atomic E-state index is -0.877. The molecule has 0 aromatic heterocycles. The molecule has 0 unspecified atom stereocenters. The van der Waals surface area contributed by atoms with Gasteiger partial charge < -0.3 is 14.7 Å². The van der Waals surface area contributed by atoms with Crippen LogP contribution in [0.5, 0.6) is 0 Å². The third-order valence-corrected chi connectivity index (χ3v) is 5.20. The number of amides is 1. The predicted molar refractivity (Wildman–Crippen MR) is 89.7 cm³/mol. The van der Waals surface area contributed by atoms with Crippen LogP contribution in [0.3, 0.4) is 0 Å². The van der Waals surface area contributed by atoms with Gasteiger partial charge in [-0.25, -0.2) is 0 Å². The van der Waals surface area contributed by atoms with Gasteiger partial charge in [0.1, 0.15) is 0 Å². The average molecular weight is 331 g/mol. The van der Waals surface area contributed by atoms with E-state index in [2.05, 4.69) is 24.3 Å². The molecule has 1 aromatic carbocycles. The van der Waals surface area contributed by atoms with E-state index in [0.717, 1.165) is 25.7 Å². The topological polar surface area (TPSA) is 66.8 Å². The Hall–Kier alpha value is -1.88. The molecule has 5 nitrogen and oxygen atoms in total. The number of rotatable bonds is 4. The van der Waals surface area contributed by atoms with Crippen LogP contribution in [0.4, 0.5) is 0 Å². The van der Waals surface area contributed by atoms with Crippen LogP contribution in [-0.2, 0) is 14.3 Å². The fourth-order valence-electron chi connectivity index (χ4n) is 3.89. The quantitative estimate of drug-likeness (QED) is 0.921. The molecule has 1 saturated heterocycles. The molecule has 0 spiro atoms. The summed E-state index contributed by atoms with van der Waals surface area (Å²) in [6, 6.07) is 10.5. The Labute approximate surface area is 142 Å². The zero-order valence-corrected chi connectivity index (χ0v) is 13.9. The highest BCUT2D eigenvalue weighted by molar-refractivity contribution is 5.79. The Kier molecular flexibility index (Phi) is 5.51. The van der Waals surface area contributed by atoms with E-state index in [4.69, 9.17) is 9.84 Å². The molecule has 130 valence electrons. The van der Waals surface area contributed by atoms with E-state index in [1.807, 2.05) is 11.0 Å². The minimum absolute atomic E-state index is 0.0372. The number of benzene rings is 1. The van der Waals surface area contributed by atoms with Crippen LogP contribution in [0.1, 0.15) is 43.6 Å². The lowest BCUT2D eigenvalue weighted by atomic mass is 9.78. The highest BCUT2D eigenvalue weighted by Gasteiger charge is 2.33. The molecule has 1 amide bonds. The van der Waals surface area contributed by atoms with Crippen molar-refractivity contribution < 1.29 is 19.4 Å². The first-order chi connectivity index (χ1) is 11.6. The number of ether oxygens (including phenoxy) is 1. The summed E-state index contributed by atoms with van der Waals surface area (Å²) in [7, 11) is 0. The van der Waals surface area contributed by atoms with Crippen molar-refractivity contribution in [3.63, 3.8) is 0 Å². The Morgan fingerprint density at radius 1 is 1.12 bits per heavy atom. The molecular weight excluding hydrogens is 306 g/mol. The summed E-state index contributed by atoms with van der Waals surface area (Å²) >= 11 is 0. The summed E-state index contributed by atoms with van der Waals surface area (Å²) in [6.07, 6.45) is 3.51. The average Bonchev–Trinajstić information content (AvgIpc) is 2.62. The Balaban J connectivity index is 1.52. The summed E-state index contributed by atoms with van der Waals surface area (Å²) < 4.78 is 5.46. The summed E-state index contributed by atoms with van der Waals surface area (Å²) in [4.78, 5) is 25.4. The minimum Gasteiger partial charge on any atom is -0.481 e. The molecule has 24 heavy (non-hydrogen) atoms. The van der Waals surface area contributed by atoms with Crippen LogP contribution >= 0.6 is 0 Å². The van der Waals surface area contributed by atoms with Gasteiger partial charge in [-0.05, 0) is 37.2 Å². The number of aliphatic carboxylic acids is 1. The van der Waals surface area contributed by atoms with E-state index < -0.39 is 5.97 Å². The molecule has 2 aliphatic rings. The summed E-state index contributed by atoms with van der Waals surface area (Å²) in [6.45, 7) is 1.42. The van der Waals surface area contributed by atoms with E-state index in [-0.39, 0.29) is 24.3 Å². The molecule has 0 bridgehead atoms. The van der Waals surface area contributed by atoms with Crippen LogP contribution < -0.4 is 0 Å². The molecule has 2 fully saturated rings. The maximum Gasteiger partial charge on any atom is 0.306 e. The first-order valence-electron chi connectivity index (χ1n) is 8.80. The van der Waals surface area contributed by atoms with Crippen LogP contribution in [0.2, 0.25) is 0 Å². The van der Waals surface area contributed by atoms with Crippen LogP contribution in [0.15, 0.2) is 30.3 Å². The normalized spacial score (nSPS) is 27.7. The van der Waals surface area contributed by atoms with Gasteiger partial charge in [-0.2, -0.15) is 0 Å². The maximum atomic E-state index is 12.8. The van der Waals surface area contributed by atoms with E-state index >= 15 is 0 Å². The zero-order chi connectivity index (χ0) is 16.9. The summed E-state index contributed by atoms with van der Waals surface area (Å²) in [5, 5.41) is 8.89. The number of carbonyl (C=O) groups excluding carboxylic acids is 1. The molecule has 1 aliphatic heterocycles. The van der Waals surface area contributed by atoms with Gasteiger partial charge in [0.25, 0.3) is 0 Å². The second kappa shape index (κ2) is 7.79. The van der Waals surface area contributed by atoms with Gasteiger partial charge in [0, 0.05) is 19.0 Å². The third-order valence-electron chi connectivity index (χ3n) is 5.20. The van der Waals surface area contributed by atoms with Crippen LogP contribution in [0, 0.1) is 5.92 Å². The standard InChI is InChI=1S/C19H25NO4/c21-18(22)12-17-13-20(10-11-24-17)19(23)16-8-6-15(7-9-16)14-4-2-1-3-5-14/h1-5,15-17H,6-13H2,(H,21,22)/t15?,16?,17-/m1/s1. The lowest BCUT2D eigenvalue weighted by Gasteiger charge is -2.36. The number of nitrogens with zero attached hydrogens (tertiary/aromatic N) is 1. The van der Waals surface area contributed by atoms with E-state index in [9.17, 15) is 9.59 Å². The van der Waals surface area contributed by atoms with Gasteiger partial charge in [0.05, 0.1) is 19.1 Å². The molecule has 1 aliphatic carbocycles. The van der Waals surface area contributed by atoms with Gasteiger partial charge in [-0.1, -0.05) is 30.3 Å². The number of hydrogen-bond acceptors (Lipinski definition) is 3. The van der Waals surface area contributed by atoms with Gasteiger partial charge in [0.2, 0.25) is 5.91 Å². The fraction of sp³-hybridized carbons (Fsp3) is 0.579. The Morgan fingerprint density at radius 2 is 1.83 bits per heavy atom. The molecule has 5 heteroatoms. The molecule has 1 heterocycles. The molecule has 1 aromatic rings. The van der Waals surface area contributed by atoms with Crippen molar-refractivity contribution in [2.24, 2.45) is 5.92 Å². The number of hydrogen-bond donors (Lipinski definition) is 1. The van der Waals surface area contributed by atoms with Crippen molar-refractivity contribution >= 4 is 11.9 Å². The maximum absolute atomic E-state index is 12.8. The van der Waals surface area contributed by atoms with Gasteiger partial charge >= 0.3 is 5.97 Å². The smallest absolute Gasteiger partial charge is 0.306 e. The first kappa shape index (κ1) is 17.0. The molecule has 1 saturated carbocycles. The largest absolute Gasteiger partial charge is 0.481 e. The number of carbonyl (C=O) groups is 2. The zero-order valence-electron chi connectivity index (χ0n) is 13.9. The van der Waals surface area contributed by atoms with Gasteiger partial charge in [0.15, 0.2) is 0 Å². The van der Waals surface area contributed by atoms with Gasteiger partial charge in [-0.3, -0.25) is 9.59 Å². The Morgan fingerprint density at radius 3 is 2.50 bits per heavy atom. The number of morpholine rings is 1. The van der Waals surface area contributed by atoms with E-state index in [1.165, 1.54) is 5.56 Å². The SMILES string of the molecule is O=C(O)C[C@@H]1CN(C(=O)C2CCC(c3ccccc3)CC2)CCO1. The molecule has 3 rings (SSSR count). The third kappa shape index (κ3) is 4.15. The van der Waals surface area contributed by atoms with Crippen molar-refractivity contribution in [3.05, 3.63) is 35.9 Å². The van der Waals surface area contributed by atoms with E-state index in [0.29, 0.717) is 25.6 Å². The van der Waals surface area contributed by atoms with E-state index in [1.54, 1.807) is 0 Å². The van der Waals surface area contributed by atoms with Crippen molar-refractivity contribution in [2.75, 3.05) is 19.7 Å². The molecule has 1 N–H and O–H groups in total. The molecular formula is C19H25NO4. The van der Waals surface area contributed by atoms with Crippen LogP contribution in [0.25, 0.3) is 0 Å². The monoisotopic (exact) mass is 331 g/mol. The van der Waals surface area contributed by atoms with Crippen LogP contribution in [-0.4, -0.2) is 47.7 Å². The predicted octanol–water partition coefficient (Wildman–Crippen LogP) is 2.66. The molecule has 0 radical (unpaired) electrons. The first-order valence-corrected chi connectivity index (χ1v) is 8.80. The van der Waals surface area contributed by atoms with Crippen molar-refractivity contribution in [1.82, 2.24) is 4.90 Å². The van der Waals surface area contributed by atoms with Crippen molar-refractivity contribution in [3.8, 4) is 0 Å². The summed E-state index contributed by atoms with van der Waals surface area (Å²) in [5.41, 5.74) is 1.37. The number of carboxylic acid groups (broad SMARTS) is 1. The second-order valence-electron chi connectivity index (χ2n) is 6.83. The number of carboxylic acids is 1. The van der Waals surface area contributed by atoms with Crippen molar-refractivity contribution in [1.29, 1.82) is 0 Å². The molecule has 1 atom stereocenters. The highest BCUT2D eigenvalue weighted by Crippen LogP contribution is 2.36. The van der Waals surface area contributed by atoms with Crippen molar-refractivity contribution in [2.45, 2.75) is 44.1 Å². The lowest BCUT2D eigenvalue weighted by molar-refractivity contribution is -0.150. The fourth-order valence-corrected chi connectivity index (χ4v) is 3.89. The van der Waals surface area contributed by atoms with Gasteiger partial charge in [-0.15, -0.1) is 0 Å². The second-order valence-corrected chi connectivity index (χ2v) is 6.83. The lowest BCUT2D eigenvalue weighted by Crippen LogP contribution is -2.48. The summed E-state index contributed by atoms with van der Waals surface area (Å²) in [5.74, 6) is -0.0638. The highest BCUT2D eigenvalue weighted by atomic mass is 16.5.